The van der Waals surface area contributed by atoms with E-state index in [9.17, 15) is 9.59 Å². The van der Waals surface area contributed by atoms with Crippen molar-refractivity contribution >= 4 is 52.5 Å². The van der Waals surface area contributed by atoms with E-state index in [0.717, 1.165) is 4.90 Å². The number of nitrogens with zero attached hydrogens (tertiary/aromatic N) is 1. The van der Waals surface area contributed by atoms with Gasteiger partial charge in [-0.2, -0.15) is 0 Å². The summed E-state index contributed by atoms with van der Waals surface area (Å²) < 4.78 is 5.56. The van der Waals surface area contributed by atoms with E-state index in [0.29, 0.717) is 16.5 Å². The monoisotopic (exact) mass is 333 g/mol. The van der Waals surface area contributed by atoms with Gasteiger partial charge in [0.05, 0.1) is 33.3 Å². The number of hydrogen-bond acceptors (Lipinski definition) is 4. The summed E-state index contributed by atoms with van der Waals surface area (Å²) in [5.74, 6) is 0.340. The number of imide groups is 1. The smallest absolute Gasteiger partial charge is 0.243 e. The molecule has 0 atom stereocenters. The molecule has 0 unspecified atom stereocenters. The molecule has 2 rings (SSSR count). The van der Waals surface area contributed by atoms with E-state index in [4.69, 9.17) is 27.9 Å². The molecular weight excluding hydrogens is 321 g/mol. The molecule has 1 heterocycles. The summed E-state index contributed by atoms with van der Waals surface area (Å²) in [7, 11) is 0. The van der Waals surface area contributed by atoms with Crippen LogP contribution in [0.15, 0.2) is 12.1 Å². The summed E-state index contributed by atoms with van der Waals surface area (Å²) in [6, 6.07) is 3.02. The zero-order chi connectivity index (χ0) is 14.9. The highest BCUT2D eigenvalue weighted by molar-refractivity contribution is 8.00. The quantitative estimate of drug-likeness (QED) is 0.795. The van der Waals surface area contributed by atoms with Crippen LogP contribution in [0.25, 0.3) is 0 Å². The third kappa shape index (κ3) is 3.22. The van der Waals surface area contributed by atoms with Crippen LogP contribution in [0.2, 0.25) is 10.0 Å². The molecule has 0 aromatic heterocycles. The average molecular weight is 334 g/mol. The van der Waals surface area contributed by atoms with Crippen LogP contribution in [0.5, 0.6) is 5.75 Å². The van der Waals surface area contributed by atoms with Crippen molar-refractivity contribution in [1.29, 1.82) is 0 Å². The molecule has 108 valence electrons. The van der Waals surface area contributed by atoms with Crippen LogP contribution in [0.3, 0.4) is 0 Å². The van der Waals surface area contributed by atoms with Crippen LogP contribution in [0.4, 0.5) is 5.69 Å². The second-order valence-electron chi connectivity index (χ2n) is 4.52. The number of ether oxygens (including phenoxy) is 1. The van der Waals surface area contributed by atoms with E-state index in [1.54, 1.807) is 0 Å². The van der Waals surface area contributed by atoms with Crippen molar-refractivity contribution in [2.75, 3.05) is 16.4 Å². The summed E-state index contributed by atoms with van der Waals surface area (Å²) >= 11 is 13.5. The zero-order valence-corrected chi connectivity index (χ0v) is 13.3. The van der Waals surface area contributed by atoms with E-state index >= 15 is 0 Å². The fourth-order valence-corrected chi connectivity index (χ4v) is 3.02. The molecule has 0 N–H and O–H groups in total. The first-order valence-electron chi connectivity index (χ1n) is 5.99. The molecule has 0 aliphatic carbocycles. The highest BCUT2D eigenvalue weighted by Crippen LogP contribution is 2.38. The predicted molar refractivity (Wildman–Crippen MR) is 82.0 cm³/mol. The maximum atomic E-state index is 11.9. The van der Waals surface area contributed by atoms with Crippen LogP contribution in [-0.2, 0) is 9.59 Å². The van der Waals surface area contributed by atoms with Gasteiger partial charge in [-0.25, -0.2) is 4.90 Å². The Bertz CT molecular complexity index is 547. The Morgan fingerprint density at radius 3 is 2.30 bits per heavy atom. The number of rotatable bonds is 3. The SMILES string of the molecule is CC(C)Oc1cc(N2C(=O)CSCC2=O)c(Cl)cc1Cl. The van der Waals surface area contributed by atoms with Gasteiger partial charge >= 0.3 is 0 Å². The molecule has 1 aliphatic rings. The van der Waals surface area contributed by atoms with Crippen molar-refractivity contribution in [2.45, 2.75) is 20.0 Å². The number of anilines is 1. The van der Waals surface area contributed by atoms with E-state index in [1.807, 2.05) is 13.8 Å². The van der Waals surface area contributed by atoms with Gasteiger partial charge in [-0.1, -0.05) is 23.2 Å². The van der Waals surface area contributed by atoms with Gasteiger partial charge < -0.3 is 4.74 Å². The molecule has 1 aromatic carbocycles. The lowest BCUT2D eigenvalue weighted by molar-refractivity contribution is -0.124. The molecule has 0 radical (unpaired) electrons. The van der Waals surface area contributed by atoms with Crippen molar-refractivity contribution in [2.24, 2.45) is 0 Å². The zero-order valence-electron chi connectivity index (χ0n) is 11.0. The van der Waals surface area contributed by atoms with E-state index in [1.165, 1.54) is 23.9 Å². The first-order valence-corrected chi connectivity index (χ1v) is 7.90. The van der Waals surface area contributed by atoms with Crippen molar-refractivity contribution in [1.82, 2.24) is 0 Å². The van der Waals surface area contributed by atoms with Crippen molar-refractivity contribution < 1.29 is 14.3 Å². The number of halogens is 2. The standard InChI is InChI=1S/C13H13Cl2NO3S/c1-7(2)19-11-4-10(8(14)3-9(11)15)16-12(17)5-20-6-13(16)18/h3-4,7H,5-6H2,1-2H3. The third-order valence-electron chi connectivity index (χ3n) is 2.55. The summed E-state index contributed by atoms with van der Waals surface area (Å²) in [5, 5.41) is 0.596. The Labute approximate surface area is 131 Å². The summed E-state index contributed by atoms with van der Waals surface area (Å²) in [4.78, 5) is 25.0. The Hall–Kier alpha value is -0.910. The van der Waals surface area contributed by atoms with Crippen LogP contribution >= 0.6 is 35.0 Å². The Balaban J connectivity index is 2.44. The largest absolute Gasteiger partial charge is 0.489 e. The minimum atomic E-state index is -0.286. The average Bonchev–Trinajstić information content (AvgIpc) is 2.33. The Kier molecular flexibility index (Phi) is 4.83. The summed E-state index contributed by atoms with van der Waals surface area (Å²) in [6.45, 7) is 3.72. The van der Waals surface area contributed by atoms with Crippen LogP contribution in [0, 0.1) is 0 Å². The van der Waals surface area contributed by atoms with Gasteiger partial charge in [0.25, 0.3) is 0 Å². The highest BCUT2D eigenvalue weighted by atomic mass is 35.5. The number of amides is 2. The predicted octanol–water partition coefficient (Wildman–Crippen LogP) is 3.39. The van der Waals surface area contributed by atoms with Gasteiger partial charge in [0, 0.05) is 6.07 Å². The van der Waals surface area contributed by atoms with E-state index < -0.39 is 0 Å². The van der Waals surface area contributed by atoms with Gasteiger partial charge in [0.15, 0.2) is 0 Å². The molecule has 1 fully saturated rings. The molecule has 1 saturated heterocycles. The normalized spacial score (nSPS) is 15.9. The molecule has 7 heteroatoms. The topological polar surface area (TPSA) is 46.6 Å². The van der Waals surface area contributed by atoms with Gasteiger partial charge in [-0.3, -0.25) is 9.59 Å². The first-order chi connectivity index (χ1) is 9.40. The van der Waals surface area contributed by atoms with Gasteiger partial charge in [0.2, 0.25) is 11.8 Å². The molecule has 1 aliphatic heterocycles. The van der Waals surface area contributed by atoms with Crippen molar-refractivity contribution in [3.05, 3.63) is 22.2 Å². The minimum Gasteiger partial charge on any atom is -0.489 e. The number of carbonyl (C=O) groups excluding carboxylic acids is 2. The lowest BCUT2D eigenvalue weighted by Crippen LogP contribution is -2.43. The van der Waals surface area contributed by atoms with Crippen LogP contribution in [-0.4, -0.2) is 29.4 Å². The second-order valence-corrected chi connectivity index (χ2v) is 6.32. The molecule has 4 nitrogen and oxygen atoms in total. The molecule has 0 spiro atoms. The lowest BCUT2D eigenvalue weighted by atomic mass is 10.2. The van der Waals surface area contributed by atoms with Gasteiger partial charge in [0.1, 0.15) is 5.75 Å². The number of benzene rings is 1. The first kappa shape index (κ1) is 15.5. The van der Waals surface area contributed by atoms with Crippen molar-refractivity contribution in [3.63, 3.8) is 0 Å². The molecule has 2 amide bonds. The third-order valence-corrected chi connectivity index (χ3v) is 4.06. The van der Waals surface area contributed by atoms with E-state index in [-0.39, 0.29) is 34.4 Å². The van der Waals surface area contributed by atoms with Crippen LogP contribution < -0.4 is 9.64 Å². The molecule has 0 bridgehead atoms. The van der Waals surface area contributed by atoms with Gasteiger partial charge in [-0.15, -0.1) is 11.8 Å². The van der Waals surface area contributed by atoms with Crippen molar-refractivity contribution in [3.8, 4) is 5.75 Å². The number of carbonyl (C=O) groups is 2. The maximum absolute atomic E-state index is 11.9. The Morgan fingerprint density at radius 2 is 1.75 bits per heavy atom. The van der Waals surface area contributed by atoms with Crippen LogP contribution in [0.1, 0.15) is 13.8 Å². The van der Waals surface area contributed by atoms with Gasteiger partial charge in [-0.05, 0) is 19.9 Å². The molecule has 20 heavy (non-hydrogen) atoms. The number of hydrogen-bond donors (Lipinski definition) is 0. The van der Waals surface area contributed by atoms with E-state index in [2.05, 4.69) is 0 Å². The minimum absolute atomic E-state index is 0.0789. The molecular formula is C13H13Cl2NO3S. The Morgan fingerprint density at radius 1 is 1.15 bits per heavy atom. The lowest BCUT2D eigenvalue weighted by Gasteiger charge is -2.26. The molecule has 0 saturated carbocycles. The summed E-state index contributed by atoms with van der Waals surface area (Å²) in [6.07, 6.45) is -0.0789. The molecule has 1 aromatic rings. The second kappa shape index (κ2) is 6.24. The number of thioether (sulfide) groups is 1. The highest BCUT2D eigenvalue weighted by Gasteiger charge is 2.30. The maximum Gasteiger partial charge on any atom is 0.243 e. The summed E-state index contributed by atoms with van der Waals surface area (Å²) in [5.41, 5.74) is 0.321. The fourth-order valence-electron chi connectivity index (χ4n) is 1.80. The fraction of sp³-hybridized carbons (Fsp3) is 0.385.